The summed E-state index contributed by atoms with van der Waals surface area (Å²) >= 11 is 0. The third-order valence-electron chi connectivity index (χ3n) is 1.84. The molecule has 0 saturated heterocycles. The van der Waals surface area contributed by atoms with Gasteiger partial charge in [0.25, 0.3) is 0 Å². The number of ether oxygens (including phenoxy) is 1. The highest BCUT2D eigenvalue weighted by Gasteiger charge is 2.30. The molecule has 0 unspecified atom stereocenters. The van der Waals surface area contributed by atoms with Crippen LogP contribution < -0.4 is 4.74 Å². The van der Waals surface area contributed by atoms with Crippen LogP contribution in [0.5, 0.6) is 5.88 Å². The summed E-state index contributed by atoms with van der Waals surface area (Å²) in [7, 11) is -3.98. The second kappa shape index (κ2) is 5.03. The molecule has 0 bridgehead atoms. The standard InChI is InChI=1S/C9H8F3NO5S/c1-19(16,17)6-2-5(8(14)15)3-13-7(6)18-4-9(10,11)12/h2-3H,4H2,1H3,(H,14,15). The number of sulfone groups is 1. The van der Waals surface area contributed by atoms with Gasteiger partial charge in [0, 0.05) is 12.5 Å². The molecule has 0 aliphatic carbocycles. The van der Waals surface area contributed by atoms with Gasteiger partial charge >= 0.3 is 12.1 Å². The highest BCUT2D eigenvalue weighted by molar-refractivity contribution is 7.90. The molecule has 1 aromatic rings. The normalized spacial score (nSPS) is 12.2. The van der Waals surface area contributed by atoms with Crippen LogP contribution in [0.2, 0.25) is 0 Å². The monoisotopic (exact) mass is 299 g/mol. The van der Waals surface area contributed by atoms with Crippen LogP contribution in [-0.2, 0) is 9.84 Å². The van der Waals surface area contributed by atoms with E-state index in [1.54, 1.807) is 0 Å². The lowest BCUT2D eigenvalue weighted by Crippen LogP contribution is -2.21. The van der Waals surface area contributed by atoms with Crippen molar-refractivity contribution in [2.45, 2.75) is 11.1 Å². The summed E-state index contributed by atoms with van der Waals surface area (Å²) in [4.78, 5) is 13.2. The number of halogens is 3. The Hall–Kier alpha value is -1.84. The number of aromatic carboxylic acids is 1. The van der Waals surface area contributed by atoms with Crippen LogP contribution in [-0.4, -0.2) is 43.5 Å². The Balaban J connectivity index is 3.21. The van der Waals surface area contributed by atoms with E-state index in [0.29, 0.717) is 18.5 Å². The van der Waals surface area contributed by atoms with Crippen LogP contribution in [0.25, 0.3) is 0 Å². The number of hydrogen-bond acceptors (Lipinski definition) is 5. The van der Waals surface area contributed by atoms with Crippen molar-refractivity contribution in [2.24, 2.45) is 0 Å². The Bertz CT molecular complexity index is 596. The Kier molecular flexibility index (Phi) is 4.03. The van der Waals surface area contributed by atoms with Crippen LogP contribution in [0.3, 0.4) is 0 Å². The zero-order valence-electron chi connectivity index (χ0n) is 9.43. The van der Waals surface area contributed by atoms with E-state index in [2.05, 4.69) is 9.72 Å². The first-order chi connectivity index (χ1) is 8.50. The summed E-state index contributed by atoms with van der Waals surface area (Å²) in [5.74, 6) is -2.25. The van der Waals surface area contributed by atoms with Crippen molar-refractivity contribution < 1.29 is 36.2 Å². The van der Waals surface area contributed by atoms with Crippen LogP contribution in [0, 0.1) is 0 Å². The lowest BCUT2D eigenvalue weighted by Gasteiger charge is -2.11. The predicted octanol–water partition coefficient (Wildman–Crippen LogP) is 1.12. The van der Waals surface area contributed by atoms with Crippen molar-refractivity contribution in [1.29, 1.82) is 0 Å². The van der Waals surface area contributed by atoms with E-state index in [9.17, 15) is 26.4 Å². The molecule has 0 radical (unpaired) electrons. The maximum atomic E-state index is 12.0. The van der Waals surface area contributed by atoms with Gasteiger partial charge in [0.2, 0.25) is 5.88 Å². The van der Waals surface area contributed by atoms with Crippen LogP contribution in [0.15, 0.2) is 17.2 Å². The summed E-state index contributed by atoms with van der Waals surface area (Å²) in [6, 6.07) is 0.691. The second-order valence-corrected chi connectivity index (χ2v) is 5.49. The van der Waals surface area contributed by atoms with E-state index in [1.807, 2.05) is 0 Å². The van der Waals surface area contributed by atoms with E-state index >= 15 is 0 Å². The number of nitrogens with zero attached hydrogens (tertiary/aromatic N) is 1. The summed E-state index contributed by atoms with van der Waals surface area (Å²) in [5.41, 5.74) is -0.472. The van der Waals surface area contributed by atoms with Gasteiger partial charge in [0.05, 0.1) is 5.56 Å². The zero-order valence-corrected chi connectivity index (χ0v) is 10.2. The van der Waals surface area contributed by atoms with Gasteiger partial charge in [-0.1, -0.05) is 0 Å². The average molecular weight is 299 g/mol. The van der Waals surface area contributed by atoms with E-state index in [-0.39, 0.29) is 0 Å². The molecule has 0 aromatic carbocycles. The van der Waals surface area contributed by atoms with Crippen LogP contribution in [0.4, 0.5) is 13.2 Å². The number of rotatable bonds is 4. The molecule has 0 spiro atoms. The summed E-state index contributed by atoms with van der Waals surface area (Å²) in [5, 5.41) is 8.67. The Morgan fingerprint density at radius 3 is 2.47 bits per heavy atom. The van der Waals surface area contributed by atoms with Gasteiger partial charge in [0.1, 0.15) is 4.90 Å². The lowest BCUT2D eigenvalue weighted by molar-refractivity contribution is -0.154. The molecule has 106 valence electrons. The Morgan fingerprint density at radius 1 is 1.47 bits per heavy atom. The molecule has 0 aliphatic heterocycles. The van der Waals surface area contributed by atoms with Gasteiger partial charge in [-0.2, -0.15) is 13.2 Å². The number of carboxylic acids is 1. The third kappa shape index (κ3) is 4.39. The number of carboxylic acid groups (broad SMARTS) is 1. The van der Waals surface area contributed by atoms with Gasteiger partial charge in [-0.25, -0.2) is 18.2 Å². The summed E-state index contributed by atoms with van der Waals surface area (Å²) in [6.45, 7) is -1.73. The van der Waals surface area contributed by atoms with Crippen LogP contribution in [0.1, 0.15) is 10.4 Å². The SMILES string of the molecule is CS(=O)(=O)c1cc(C(=O)O)cnc1OCC(F)(F)F. The number of carbonyl (C=O) groups is 1. The smallest absolute Gasteiger partial charge is 0.422 e. The maximum Gasteiger partial charge on any atom is 0.422 e. The molecule has 1 rings (SSSR count). The first-order valence-electron chi connectivity index (χ1n) is 4.63. The number of hydrogen-bond donors (Lipinski definition) is 1. The first-order valence-corrected chi connectivity index (χ1v) is 6.53. The minimum atomic E-state index is -4.66. The summed E-state index contributed by atoms with van der Waals surface area (Å²) in [6.07, 6.45) is -3.25. The van der Waals surface area contributed by atoms with Crippen molar-refractivity contribution in [2.75, 3.05) is 12.9 Å². The fourth-order valence-corrected chi connectivity index (χ4v) is 1.84. The van der Waals surface area contributed by atoms with Crippen molar-refractivity contribution in [1.82, 2.24) is 4.98 Å². The number of pyridine rings is 1. The molecule has 19 heavy (non-hydrogen) atoms. The molecule has 0 atom stereocenters. The van der Waals surface area contributed by atoms with Gasteiger partial charge in [-0.3, -0.25) is 0 Å². The van der Waals surface area contributed by atoms with Gasteiger partial charge in [-0.15, -0.1) is 0 Å². The highest BCUT2D eigenvalue weighted by atomic mass is 32.2. The third-order valence-corrected chi connectivity index (χ3v) is 2.93. The first kappa shape index (κ1) is 15.2. The number of aromatic nitrogens is 1. The lowest BCUT2D eigenvalue weighted by atomic mass is 10.3. The fraction of sp³-hybridized carbons (Fsp3) is 0.333. The zero-order chi connectivity index (χ0) is 14.8. The fourth-order valence-electron chi connectivity index (χ4n) is 1.07. The molecule has 10 heteroatoms. The highest BCUT2D eigenvalue weighted by Crippen LogP contribution is 2.24. The van der Waals surface area contributed by atoms with Crippen molar-refractivity contribution in [3.05, 3.63) is 17.8 Å². The summed E-state index contributed by atoms with van der Waals surface area (Å²) < 4.78 is 62.9. The molecule has 0 aliphatic rings. The second-order valence-electron chi connectivity index (χ2n) is 3.51. The molecule has 1 aromatic heterocycles. The molecule has 0 fully saturated rings. The molecule has 0 amide bonds. The minimum Gasteiger partial charge on any atom is -0.478 e. The predicted molar refractivity (Wildman–Crippen MR) is 55.9 cm³/mol. The van der Waals surface area contributed by atoms with Gasteiger partial charge < -0.3 is 9.84 Å². The Labute approximate surface area is 105 Å². The van der Waals surface area contributed by atoms with Gasteiger partial charge in [0.15, 0.2) is 16.4 Å². The van der Waals surface area contributed by atoms with E-state index in [1.165, 1.54) is 0 Å². The van der Waals surface area contributed by atoms with Gasteiger partial charge in [-0.05, 0) is 6.07 Å². The quantitative estimate of drug-likeness (QED) is 0.895. The molecular formula is C9H8F3NO5S. The van der Waals surface area contributed by atoms with E-state index in [4.69, 9.17) is 5.11 Å². The molecule has 1 N–H and O–H groups in total. The topological polar surface area (TPSA) is 93.6 Å². The molecule has 0 saturated carbocycles. The molecule has 6 nitrogen and oxygen atoms in total. The number of alkyl halides is 3. The van der Waals surface area contributed by atoms with Crippen LogP contribution >= 0.6 is 0 Å². The molecular weight excluding hydrogens is 291 g/mol. The van der Waals surface area contributed by atoms with Crippen molar-refractivity contribution >= 4 is 15.8 Å². The van der Waals surface area contributed by atoms with E-state index in [0.717, 1.165) is 0 Å². The van der Waals surface area contributed by atoms with Crippen molar-refractivity contribution in [3.63, 3.8) is 0 Å². The average Bonchev–Trinajstić information content (AvgIpc) is 2.23. The molecule has 1 heterocycles. The minimum absolute atomic E-state index is 0.472. The maximum absolute atomic E-state index is 12.0. The van der Waals surface area contributed by atoms with E-state index < -0.39 is 44.9 Å². The largest absolute Gasteiger partial charge is 0.478 e. The van der Waals surface area contributed by atoms with Crippen molar-refractivity contribution in [3.8, 4) is 5.88 Å². The Morgan fingerprint density at radius 2 is 2.05 bits per heavy atom.